The van der Waals surface area contributed by atoms with Crippen LogP contribution in [0.3, 0.4) is 0 Å². The molecule has 0 saturated heterocycles. The Balaban J connectivity index is 2.62. The maximum Gasteiger partial charge on any atom is 0.410 e. The minimum Gasteiger partial charge on any atom is -0.463 e. The summed E-state index contributed by atoms with van der Waals surface area (Å²) in [5, 5.41) is 0. The number of carbonyl (C=O) groups excluding carboxylic acids is 2. The third kappa shape index (κ3) is 7.93. The third-order valence-electron chi connectivity index (χ3n) is 4.16. The summed E-state index contributed by atoms with van der Waals surface area (Å²) >= 11 is 0. The van der Waals surface area contributed by atoms with Gasteiger partial charge in [0.1, 0.15) is 5.60 Å². The van der Waals surface area contributed by atoms with Crippen molar-refractivity contribution in [1.82, 2.24) is 4.90 Å². The van der Waals surface area contributed by atoms with Gasteiger partial charge in [-0.25, -0.2) is 9.59 Å². The van der Waals surface area contributed by atoms with Crippen LogP contribution in [0.5, 0.6) is 0 Å². The molecule has 1 aliphatic rings. The van der Waals surface area contributed by atoms with E-state index < -0.39 is 5.60 Å². The Morgan fingerprint density at radius 3 is 2.24 bits per heavy atom. The van der Waals surface area contributed by atoms with Crippen molar-refractivity contribution in [2.45, 2.75) is 85.2 Å². The van der Waals surface area contributed by atoms with Crippen LogP contribution in [-0.2, 0) is 14.3 Å². The first-order valence-corrected chi connectivity index (χ1v) is 9.64. The Bertz CT molecular complexity index is 477. The van der Waals surface area contributed by atoms with Gasteiger partial charge in [-0.3, -0.25) is 4.90 Å². The number of amides is 1. The molecule has 5 heteroatoms. The van der Waals surface area contributed by atoms with Crippen molar-refractivity contribution in [1.29, 1.82) is 0 Å². The average molecular weight is 354 g/mol. The van der Waals surface area contributed by atoms with Crippen LogP contribution < -0.4 is 0 Å². The number of carbonyl (C=O) groups is 2. The molecule has 0 unspecified atom stereocenters. The monoisotopic (exact) mass is 353 g/mol. The number of rotatable bonds is 9. The maximum absolute atomic E-state index is 12.3. The van der Waals surface area contributed by atoms with Gasteiger partial charge in [-0.1, -0.05) is 39.0 Å². The van der Waals surface area contributed by atoms with Crippen molar-refractivity contribution in [2.24, 2.45) is 0 Å². The van der Waals surface area contributed by atoms with E-state index >= 15 is 0 Å². The number of esters is 1. The van der Waals surface area contributed by atoms with Crippen LogP contribution in [-0.4, -0.2) is 42.3 Å². The lowest BCUT2D eigenvalue weighted by atomic mass is 10.0. The average Bonchev–Trinajstić information content (AvgIpc) is 2.94. The van der Waals surface area contributed by atoms with Gasteiger partial charge in [-0.2, -0.15) is 0 Å². The van der Waals surface area contributed by atoms with Crippen LogP contribution in [0.25, 0.3) is 0 Å². The molecule has 0 N–H and O–H groups in total. The van der Waals surface area contributed by atoms with Crippen LogP contribution in [0.4, 0.5) is 4.79 Å². The van der Waals surface area contributed by atoms with E-state index in [-0.39, 0.29) is 12.1 Å². The highest BCUT2D eigenvalue weighted by Gasteiger charge is 2.32. The number of hydrogen-bond donors (Lipinski definition) is 0. The summed E-state index contributed by atoms with van der Waals surface area (Å²) in [5.74, 6) is -0.297. The molecule has 0 radical (unpaired) electrons. The molecule has 144 valence electrons. The highest BCUT2D eigenvalue weighted by Crippen LogP contribution is 2.25. The minimum absolute atomic E-state index is 0.291. The van der Waals surface area contributed by atoms with Crippen LogP contribution >= 0.6 is 0 Å². The second-order valence-electron chi connectivity index (χ2n) is 7.66. The van der Waals surface area contributed by atoms with E-state index in [4.69, 9.17) is 9.47 Å². The molecule has 0 aliphatic carbocycles. The highest BCUT2D eigenvalue weighted by molar-refractivity contribution is 5.91. The Labute approximate surface area is 152 Å². The van der Waals surface area contributed by atoms with Crippen LogP contribution in [0.2, 0.25) is 0 Å². The van der Waals surface area contributed by atoms with Gasteiger partial charge in [0.05, 0.1) is 18.7 Å². The van der Waals surface area contributed by atoms with Crippen LogP contribution in [0, 0.1) is 0 Å². The molecule has 0 bridgehead atoms. The first-order chi connectivity index (χ1) is 11.8. The van der Waals surface area contributed by atoms with Gasteiger partial charge < -0.3 is 9.47 Å². The second kappa shape index (κ2) is 10.5. The van der Waals surface area contributed by atoms with Gasteiger partial charge in [0, 0.05) is 6.54 Å². The van der Waals surface area contributed by atoms with Gasteiger partial charge in [0.25, 0.3) is 0 Å². The summed E-state index contributed by atoms with van der Waals surface area (Å²) in [5.41, 5.74) is 1.13. The van der Waals surface area contributed by atoms with E-state index in [0.717, 1.165) is 24.8 Å². The van der Waals surface area contributed by atoms with Crippen LogP contribution in [0.15, 0.2) is 11.1 Å². The van der Waals surface area contributed by atoms with Crippen molar-refractivity contribution in [3.63, 3.8) is 0 Å². The molecule has 0 aromatic heterocycles. The zero-order valence-electron chi connectivity index (χ0n) is 16.7. The number of unbranched alkanes of at least 4 members (excludes halogenated alkanes) is 5. The van der Waals surface area contributed by atoms with Crippen molar-refractivity contribution in [3.05, 3.63) is 11.1 Å². The van der Waals surface area contributed by atoms with E-state index in [1.807, 2.05) is 20.8 Å². The van der Waals surface area contributed by atoms with Crippen molar-refractivity contribution >= 4 is 12.1 Å². The Morgan fingerprint density at radius 2 is 1.64 bits per heavy atom. The fraction of sp³-hybridized carbons (Fsp3) is 0.800. The minimum atomic E-state index is -0.538. The molecule has 1 aliphatic heterocycles. The van der Waals surface area contributed by atoms with Crippen molar-refractivity contribution < 1.29 is 19.1 Å². The molecular weight excluding hydrogens is 318 g/mol. The van der Waals surface area contributed by atoms with E-state index in [2.05, 4.69) is 6.92 Å². The van der Waals surface area contributed by atoms with Gasteiger partial charge >= 0.3 is 12.1 Å². The Morgan fingerprint density at radius 1 is 1.00 bits per heavy atom. The largest absolute Gasteiger partial charge is 0.463 e. The standard InChI is InChI=1S/C20H35NO4/c1-6-8-9-10-11-12-13-16-14-21(19(23)25-20(3,4)5)15-17(16)18(22)24-7-2/h6-15H2,1-5H3. The third-order valence-corrected chi connectivity index (χ3v) is 4.16. The lowest BCUT2D eigenvalue weighted by Crippen LogP contribution is -2.36. The SMILES string of the molecule is CCCCCCCCC1=C(C(=O)OCC)CN(C(=O)OC(C)(C)C)C1. The fourth-order valence-electron chi connectivity index (χ4n) is 2.92. The molecule has 0 spiro atoms. The molecule has 0 saturated carbocycles. The molecular formula is C20H35NO4. The highest BCUT2D eigenvalue weighted by atomic mass is 16.6. The lowest BCUT2D eigenvalue weighted by Gasteiger charge is -2.24. The summed E-state index contributed by atoms with van der Waals surface area (Å²) in [7, 11) is 0. The number of hydrogen-bond acceptors (Lipinski definition) is 4. The van der Waals surface area contributed by atoms with Crippen molar-refractivity contribution in [3.8, 4) is 0 Å². The Hall–Kier alpha value is -1.52. The lowest BCUT2D eigenvalue weighted by molar-refractivity contribution is -0.138. The van der Waals surface area contributed by atoms with Gasteiger partial charge in [0.15, 0.2) is 0 Å². The summed E-state index contributed by atoms with van der Waals surface area (Å²) in [6.45, 7) is 10.6. The van der Waals surface area contributed by atoms with E-state index in [1.54, 1.807) is 11.8 Å². The molecule has 0 fully saturated rings. The van der Waals surface area contributed by atoms with Crippen LogP contribution in [0.1, 0.15) is 79.6 Å². The Kier molecular flexibility index (Phi) is 9.01. The summed E-state index contributed by atoms with van der Waals surface area (Å²) in [4.78, 5) is 26.1. The molecule has 5 nitrogen and oxygen atoms in total. The quantitative estimate of drug-likeness (QED) is 0.439. The molecule has 1 rings (SSSR count). The zero-order chi connectivity index (χ0) is 18.9. The molecule has 1 amide bonds. The smallest absolute Gasteiger partial charge is 0.410 e. The summed E-state index contributed by atoms with van der Waals surface area (Å²) < 4.78 is 10.6. The zero-order valence-corrected chi connectivity index (χ0v) is 16.7. The second-order valence-corrected chi connectivity index (χ2v) is 7.66. The van der Waals surface area contributed by atoms with Gasteiger partial charge in [-0.05, 0) is 46.1 Å². The summed E-state index contributed by atoms with van der Waals surface area (Å²) in [6, 6.07) is 0. The normalized spacial score (nSPS) is 14.8. The predicted molar refractivity (Wildman–Crippen MR) is 99.5 cm³/mol. The molecule has 25 heavy (non-hydrogen) atoms. The van der Waals surface area contributed by atoms with Gasteiger partial charge in [-0.15, -0.1) is 0 Å². The molecule has 0 atom stereocenters. The molecule has 1 heterocycles. The van der Waals surface area contributed by atoms with E-state index in [1.165, 1.54) is 25.7 Å². The van der Waals surface area contributed by atoms with E-state index in [9.17, 15) is 9.59 Å². The first-order valence-electron chi connectivity index (χ1n) is 9.64. The predicted octanol–water partition coefficient (Wildman–Crippen LogP) is 4.85. The van der Waals surface area contributed by atoms with E-state index in [0.29, 0.717) is 25.3 Å². The molecule has 0 aromatic carbocycles. The molecule has 0 aromatic rings. The topological polar surface area (TPSA) is 55.8 Å². The first kappa shape index (κ1) is 21.5. The maximum atomic E-state index is 12.3. The summed E-state index contributed by atoms with van der Waals surface area (Å²) in [6.07, 6.45) is 7.70. The number of nitrogens with zero attached hydrogens (tertiary/aromatic N) is 1. The number of ether oxygens (including phenoxy) is 2. The van der Waals surface area contributed by atoms with Crippen molar-refractivity contribution in [2.75, 3.05) is 19.7 Å². The fourth-order valence-corrected chi connectivity index (χ4v) is 2.92. The van der Waals surface area contributed by atoms with Gasteiger partial charge in [0.2, 0.25) is 0 Å².